The molecule has 0 radical (unpaired) electrons. The van der Waals surface area contributed by atoms with Gasteiger partial charge in [-0.2, -0.15) is 0 Å². The van der Waals surface area contributed by atoms with Gasteiger partial charge in [-0.05, 0) is 29.9 Å². The van der Waals surface area contributed by atoms with Crippen molar-refractivity contribution >= 4 is 11.5 Å². The van der Waals surface area contributed by atoms with Crippen molar-refractivity contribution in [3.63, 3.8) is 0 Å². The van der Waals surface area contributed by atoms with Crippen LogP contribution in [0.15, 0.2) is 59.8 Å². The van der Waals surface area contributed by atoms with Gasteiger partial charge in [0, 0.05) is 41.7 Å². The number of nitrogens with zero attached hydrogens (tertiary/aromatic N) is 1. The number of rotatable bonds is 3. The Balaban J connectivity index is 1.63. The van der Waals surface area contributed by atoms with Crippen LogP contribution in [-0.2, 0) is 4.79 Å². The molecular weight excluding hydrogens is 404 g/mol. The van der Waals surface area contributed by atoms with E-state index in [2.05, 4.69) is 61.2 Å². The van der Waals surface area contributed by atoms with Crippen molar-refractivity contribution in [1.29, 1.82) is 0 Å². The number of carbonyl (C=O) groups is 1. The zero-order valence-electron chi connectivity index (χ0n) is 18.5. The third-order valence-corrected chi connectivity index (χ3v) is 7.01. The highest BCUT2D eigenvalue weighted by Gasteiger charge is 2.51. The molecule has 0 spiro atoms. The summed E-state index contributed by atoms with van der Waals surface area (Å²) in [6.45, 7) is 6.31. The zero-order valence-corrected chi connectivity index (χ0v) is 18.5. The number of hydrogen-bond acceptors (Lipinski definition) is 6. The van der Waals surface area contributed by atoms with Gasteiger partial charge in [-0.15, -0.1) is 0 Å². The first-order chi connectivity index (χ1) is 15.2. The number of hydrazine groups is 1. The van der Waals surface area contributed by atoms with Gasteiger partial charge in [-0.3, -0.25) is 14.9 Å². The predicted octanol–water partition coefficient (Wildman–Crippen LogP) is 4.02. The molecule has 166 valence electrons. The van der Waals surface area contributed by atoms with E-state index in [9.17, 15) is 14.9 Å². The molecule has 0 amide bonds. The topological polar surface area (TPSA) is 96.3 Å². The Labute approximate surface area is 187 Å². The molecule has 1 saturated heterocycles. The monoisotopic (exact) mass is 432 g/mol. The van der Waals surface area contributed by atoms with Crippen LogP contribution < -0.4 is 16.2 Å². The molecule has 2 aromatic rings. The number of benzene rings is 2. The fourth-order valence-electron chi connectivity index (χ4n) is 5.56. The Hall–Kier alpha value is -3.03. The van der Waals surface area contributed by atoms with Gasteiger partial charge in [-0.25, -0.2) is 10.9 Å². The largest absolute Gasteiger partial charge is 0.371 e. The Morgan fingerprint density at radius 1 is 0.969 bits per heavy atom. The lowest BCUT2D eigenvalue weighted by molar-refractivity contribution is -0.384. The summed E-state index contributed by atoms with van der Waals surface area (Å²) in [4.78, 5) is 24.2. The molecule has 7 nitrogen and oxygen atoms in total. The van der Waals surface area contributed by atoms with Crippen molar-refractivity contribution < 1.29 is 9.72 Å². The second-order valence-electron chi connectivity index (χ2n) is 10.0. The van der Waals surface area contributed by atoms with Crippen molar-refractivity contribution in [2.75, 3.05) is 0 Å². The average Bonchev–Trinajstić information content (AvgIpc) is 3.15. The van der Waals surface area contributed by atoms with Crippen LogP contribution >= 0.6 is 0 Å². The lowest BCUT2D eigenvalue weighted by Gasteiger charge is -2.44. The summed E-state index contributed by atoms with van der Waals surface area (Å²) in [5, 5.41) is 14.8. The molecule has 1 aliphatic carbocycles. The average molecular weight is 433 g/mol. The van der Waals surface area contributed by atoms with Crippen LogP contribution in [0, 0.1) is 28.4 Å². The third-order valence-electron chi connectivity index (χ3n) is 7.01. The predicted molar refractivity (Wildman–Crippen MR) is 121 cm³/mol. The lowest BCUT2D eigenvalue weighted by atomic mass is 9.65. The number of nitrogens with one attached hydrogen (secondary N) is 3. The minimum absolute atomic E-state index is 0.00919. The van der Waals surface area contributed by atoms with Crippen LogP contribution in [0.5, 0.6) is 0 Å². The van der Waals surface area contributed by atoms with E-state index in [1.165, 1.54) is 5.56 Å². The summed E-state index contributed by atoms with van der Waals surface area (Å²) in [5.41, 5.74) is 11.9. The molecule has 3 aliphatic rings. The maximum absolute atomic E-state index is 13.4. The minimum Gasteiger partial charge on any atom is -0.371 e. The van der Waals surface area contributed by atoms with Crippen LogP contribution in [0.1, 0.15) is 55.3 Å². The zero-order chi connectivity index (χ0) is 22.6. The standard InChI is InChI=1S/C25H28N4O3/c1-14-4-6-16(7-5-14)23-22-20(15-8-10-17(11-9-15)29(31)32)21-18(26-24(22)28-27-23)12-25(2,3)13-19(21)30/h4-11,20,22-24,26-28H,12-13H2,1-3H3. The summed E-state index contributed by atoms with van der Waals surface area (Å²) in [6.07, 6.45) is 1.25. The molecule has 4 unspecified atom stereocenters. The molecule has 1 fully saturated rings. The van der Waals surface area contributed by atoms with Gasteiger partial charge in [0.15, 0.2) is 5.78 Å². The molecule has 0 aromatic heterocycles. The first kappa shape index (κ1) is 20.8. The van der Waals surface area contributed by atoms with Crippen molar-refractivity contribution in [3.05, 3.63) is 86.6 Å². The summed E-state index contributed by atoms with van der Waals surface area (Å²) >= 11 is 0. The number of hydrogen-bond donors (Lipinski definition) is 3. The Kier molecular flexibility index (Phi) is 4.91. The lowest BCUT2D eigenvalue weighted by Crippen LogP contribution is -2.51. The van der Waals surface area contributed by atoms with Crippen molar-refractivity contribution in [2.24, 2.45) is 11.3 Å². The van der Waals surface area contributed by atoms with E-state index in [1.807, 2.05) is 12.1 Å². The maximum Gasteiger partial charge on any atom is 0.269 e. The Morgan fingerprint density at radius 2 is 1.62 bits per heavy atom. The Morgan fingerprint density at radius 3 is 2.28 bits per heavy atom. The first-order valence-electron chi connectivity index (χ1n) is 11.1. The van der Waals surface area contributed by atoms with E-state index in [0.717, 1.165) is 28.8 Å². The van der Waals surface area contributed by atoms with Crippen molar-refractivity contribution in [2.45, 2.75) is 51.7 Å². The highest BCUT2D eigenvalue weighted by atomic mass is 16.6. The number of aryl methyl sites for hydroxylation is 1. The SMILES string of the molecule is Cc1ccc(C2NNC3NC4=C(C(=O)CC(C)(C)C4)C(c4ccc([N+](=O)[O-])cc4)C32)cc1. The number of carbonyl (C=O) groups excluding carboxylic acids is 1. The highest BCUT2D eigenvalue weighted by Crippen LogP contribution is 2.51. The van der Waals surface area contributed by atoms with E-state index in [1.54, 1.807) is 12.1 Å². The molecule has 32 heavy (non-hydrogen) atoms. The van der Waals surface area contributed by atoms with Gasteiger partial charge < -0.3 is 5.32 Å². The summed E-state index contributed by atoms with van der Waals surface area (Å²) in [5.74, 6) is 0.0395. The molecule has 2 heterocycles. The summed E-state index contributed by atoms with van der Waals surface area (Å²) in [6, 6.07) is 15.1. The molecule has 5 rings (SSSR count). The smallest absolute Gasteiger partial charge is 0.269 e. The second-order valence-corrected chi connectivity index (χ2v) is 10.0. The number of nitro benzene ring substituents is 1. The third kappa shape index (κ3) is 3.51. The molecule has 2 aromatic carbocycles. The number of nitro groups is 1. The van der Waals surface area contributed by atoms with Crippen LogP contribution in [0.2, 0.25) is 0 Å². The van der Waals surface area contributed by atoms with E-state index >= 15 is 0 Å². The molecule has 2 aliphatic heterocycles. The van der Waals surface area contributed by atoms with E-state index < -0.39 is 0 Å². The number of allylic oxidation sites excluding steroid dienone is 2. The molecule has 0 bridgehead atoms. The van der Waals surface area contributed by atoms with Gasteiger partial charge >= 0.3 is 0 Å². The fourth-order valence-corrected chi connectivity index (χ4v) is 5.56. The molecule has 0 saturated carbocycles. The summed E-state index contributed by atoms with van der Waals surface area (Å²) in [7, 11) is 0. The van der Waals surface area contributed by atoms with Gasteiger partial charge in [0.25, 0.3) is 5.69 Å². The second kappa shape index (κ2) is 7.53. The molecule has 3 N–H and O–H groups in total. The first-order valence-corrected chi connectivity index (χ1v) is 11.1. The van der Waals surface area contributed by atoms with Crippen LogP contribution in [0.4, 0.5) is 5.69 Å². The van der Waals surface area contributed by atoms with Gasteiger partial charge in [0.05, 0.1) is 17.1 Å². The van der Waals surface area contributed by atoms with Crippen LogP contribution in [0.25, 0.3) is 0 Å². The van der Waals surface area contributed by atoms with Gasteiger partial charge in [0.1, 0.15) is 0 Å². The van der Waals surface area contributed by atoms with Crippen molar-refractivity contribution in [1.82, 2.24) is 16.2 Å². The minimum atomic E-state index is -0.387. The fraction of sp³-hybridized carbons (Fsp3) is 0.400. The number of ketones is 1. The number of Topliss-reactive ketones (excluding diaryl/α,β-unsaturated/α-hetero) is 1. The maximum atomic E-state index is 13.4. The van der Waals surface area contributed by atoms with Gasteiger partial charge in [0.2, 0.25) is 0 Å². The van der Waals surface area contributed by atoms with Crippen molar-refractivity contribution in [3.8, 4) is 0 Å². The highest BCUT2D eigenvalue weighted by molar-refractivity contribution is 5.99. The number of fused-ring (bicyclic) bond motifs is 1. The van der Waals surface area contributed by atoms with E-state index in [0.29, 0.717) is 6.42 Å². The van der Waals surface area contributed by atoms with E-state index in [4.69, 9.17) is 0 Å². The number of non-ortho nitro benzene ring substituents is 1. The molecule has 7 heteroatoms. The van der Waals surface area contributed by atoms with Crippen LogP contribution in [0.3, 0.4) is 0 Å². The summed E-state index contributed by atoms with van der Waals surface area (Å²) < 4.78 is 0. The quantitative estimate of drug-likeness (QED) is 0.501. The Bertz CT molecular complexity index is 1110. The van der Waals surface area contributed by atoms with Crippen LogP contribution in [-0.4, -0.2) is 16.9 Å². The molecule has 4 atom stereocenters. The normalized spacial score (nSPS) is 28.7. The van der Waals surface area contributed by atoms with Gasteiger partial charge in [-0.1, -0.05) is 55.8 Å². The molecular formula is C25H28N4O3. The van der Waals surface area contributed by atoms with E-state index in [-0.39, 0.29) is 45.9 Å².